The summed E-state index contributed by atoms with van der Waals surface area (Å²) in [6, 6.07) is 15.9. The van der Waals surface area contributed by atoms with Gasteiger partial charge in [-0.2, -0.15) is 0 Å². The molecule has 2 rings (SSSR count). The highest BCUT2D eigenvalue weighted by molar-refractivity contribution is 5.94. The van der Waals surface area contributed by atoms with Crippen LogP contribution in [0.15, 0.2) is 48.5 Å². The SMILES string of the molecule is O=C(NCc1ccccc1)c1c[c]c(F)cc1. The summed E-state index contributed by atoms with van der Waals surface area (Å²) < 4.78 is 12.6. The molecule has 1 amide bonds. The third-order valence-electron chi connectivity index (χ3n) is 2.33. The van der Waals surface area contributed by atoms with Gasteiger partial charge in [0.15, 0.2) is 0 Å². The van der Waals surface area contributed by atoms with E-state index in [-0.39, 0.29) is 5.91 Å². The monoisotopic (exact) mass is 228 g/mol. The highest BCUT2D eigenvalue weighted by Gasteiger charge is 2.04. The van der Waals surface area contributed by atoms with Crippen molar-refractivity contribution in [2.45, 2.75) is 6.54 Å². The molecule has 17 heavy (non-hydrogen) atoms. The fourth-order valence-electron chi connectivity index (χ4n) is 1.43. The van der Waals surface area contributed by atoms with Gasteiger partial charge in [0, 0.05) is 18.2 Å². The molecule has 0 unspecified atom stereocenters. The van der Waals surface area contributed by atoms with Crippen LogP contribution in [0.4, 0.5) is 4.39 Å². The van der Waals surface area contributed by atoms with Crippen molar-refractivity contribution in [2.24, 2.45) is 0 Å². The number of amides is 1. The maximum Gasteiger partial charge on any atom is 0.251 e. The molecule has 2 nitrogen and oxygen atoms in total. The van der Waals surface area contributed by atoms with Crippen molar-refractivity contribution in [3.8, 4) is 0 Å². The van der Waals surface area contributed by atoms with Gasteiger partial charge in [-0.1, -0.05) is 30.3 Å². The molecule has 1 N–H and O–H groups in total. The molecular formula is C14H11FNO. The van der Waals surface area contributed by atoms with E-state index in [9.17, 15) is 9.18 Å². The van der Waals surface area contributed by atoms with Crippen LogP contribution in [0.2, 0.25) is 0 Å². The highest BCUT2D eigenvalue weighted by Crippen LogP contribution is 2.03. The lowest BCUT2D eigenvalue weighted by atomic mass is 10.2. The summed E-state index contributed by atoms with van der Waals surface area (Å²) >= 11 is 0. The second kappa shape index (κ2) is 5.25. The van der Waals surface area contributed by atoms with Crippen molar-refractivity contribution >= 4 is 5.91 Å². The van der Waals surface area contributed by atoms with E-state index in [4.69, 9.17) is 0 Å². The van der Waals surface area contributed by atoms with Gasteiger partial charge in [0.2, 0.25) is 0 Å². The first kappa shape index (κ1) is 11.3. The van der Waals surface area contributed by atoms with Gasteiger partial charge >= 0.3 is 0 Å². The van der Waals surface area contributed by atoms with Crippen LogP contribution >= 0.6 is 0 Å². The number of nitrogens with one attached hydrogen (secondary N) is 1. The van der Waals surface area contributed by atoms with Gasteiger partial charge in [0.25, 0.3) is 5.91 Å². The molecule has 0 saturated carbocycles. The third-order valence-corrected chi connectivity index (χ3v) is 2.33. The Morgan fingerprint density at radius 1 is 1.18 bits per heavy atom. The van der Waals surface area contributed by atoms with Crippen LogP contribution in [-0.4, -0.2) is 5.91 Å². The second-order valence-corrected chi connectivity index (χ2v) is 3.59. The second-order valence-electron chi connectivity index (χ2n) is 3.59. The number of hydrogen-bond donors (Lipinski definition) is 1. The molecule has 0 aliphatic heterocycles. The van der Waals surface area contributed by atoms with Gasteiger partial charge < -0.3 is 5.32 Å². The summed E-state index contributed by atoms with van der Waals surface area (Å²) in [4.78, 5) is 11.7. The van der Waals surface area contributed by atoms with Gasteiger partial charge in [-0.05, 0) is 23.8 Å². The zero-order chi connectivity index (χ0) is 12.1. The van der Waals surface area contributed by atoms with E-state index >= 15 is 0 Å². The first-order chi connectivity index (χ1) is 8.25. The third kappa shape index (κ3) is 3.14. The fraction of sp³-hybridized carbons (Fsp3) is 0.0714. The normalized spacial score (nSPS) is 9.94. The minimum atomic E-state index is -0.468. The van der Waals surface area contributed by atoms with Crippen LogP contribution in [0, 0.1) is 11.9 Å². The minimum Gasteiger partial charge on any atom is -0.348 e. The highest BCUT2D eigenvalue weighted by atomic mass is 19.1. The Bertz CT molecular complexity index is 493. The lowest BCUT2D eigenvalue weighted by Crippen LogP contribution is -2.22. The molecule has 2 aromatic rings. The zero-order valence-corrected chi connectivity index (χ0v) is 9.11. The van der Waals surface area contributed by atoms with E-state index in [0.29, 0.717) is 12.1 Å². The summed E-state index contributed by atoms with van der Waals surface area (Å²) in [5.74, 6) is -0.699. The van der Waals surface area contributed by atoms with E-state index < -0.39 is 5.82 Å². The van der Waals surface area contributed by atoms with Crippen LogP contribution in [0.25, 0.3) is 0 Å². The Morgan fingerprint density at radius 3 is 2.59 bits per heavy atom. The predicted octanol–water partition coefficient (Wildman–Crippen LogP) is 2.56. The van der Waals surface area contributed by atoms with Crippen LogP contribution in [0.5, 0.6) is 0 Å². The molecule has 0 bridgehead atoms. The lowest BCUT2D eigenvalue weighted by Gasteiger charge is -2.04. The van der Waals surface area contributed by atoms with E-state index in [1.165, 1.54) is 18.2 Å². The summed E-state index contributed by atoms with van der Waals surface area (Å²) in [6.07, 6.45) is 0. The summed E-state index contributed by atoms with van der Waals surface area (Å²) in [5, 5.41) is 2.75. The van der Waals surface area contributed by atoms with Gasteiger partial charge in [-0.15, -0.1) is 0 Å². The molecular weight excluding hydrogens is 217 g/mol. The van der Waals surface area contributed by atoms with Gasteiger partial charge in [0.05, 0.1) is 0 Å². The van der Waals surface area contributed by atoms with E-state index in [2.05, 4.69) is 11.4 Å². The van der Waals surface area contributed by atoms with E-state index in [0.717, 1.165) is 5.56 Å². The van der Waals surface area contributed by atoms with Gasteiger partial charge in [-0.25, -0.2) is 4.39 Å². The molecule has 0 aliphatic carbocycles. The van der Waals surface area contributed by atoms with Crippen LogP contribution in [0.1, 0.15) is 15.9 Å². The largest absolute Gasteiger partial charge is 0.348 e. The van der Waals surface area contributed by atoms with Crippen molar-refractivity contribution in [3.63, 3.8) is 0 Å². The Morgan fingerprint density at radius 2 is 1.94 bits per heavy atom. The number of benzene rings is 2. The summed E-state index contributed by atoms with van der Waals surface area (Å²) in [6.45, 7) is 0.455. The molecule has 3 heteroatoms. The van der Waals surface area contributed by atoms with Crippen molar-refractivity contribution in [1.29, 1.82) is 0 Å². The molecule has 2 aromatic carbocycles. The average Bonchev–Trinajstić information content (AvgIpc) is 2.38. The van der Waals surface area contributed by atoms with Crippen molar-refractivity contribution in [3.05, 3.63) is 71.5 Å². The topological polar surface area (TPSA) is 29.1 Å². The van der Waals surface area contributed by atoms with Crippen LogP contribution in [0.3, 0.4) is 0 Å². The molecule has 0 spiro atoms. The number of rotatable bonds is 3. The standard InChI is InChI=1S/C14H11FNO/c15-13-8-6-12(7-9-13)14(17)16-10-11-4-2-1-3-5-11/h1-8H,10H2,(H,16,17). The first-order valence-corrected chi connectivity index (χ1v) is 5.25. The molecule has 0 atom stereocenters. The molecule has 1 radical (unpaired) electrons. The van der Waals surface area contributed by atoms with E-state index in [1.807, 2.05) is 30.3 Å². The Kier molecular flexibility index (Phi) is 3.50. The molecule has 0 saturated heterocycles. The van der Waals surface area contributed by atoms with Gasteiger partial charge in [-0.3, -0.25) is 4.79 Å². The number of halogens is 1. The molecule has 0 fully saturated rings. The Labute approximate surface area is 99.1 Å². The first-order valence-electron chi connectivity index (χ1n) is 5.25. The molecule has 0 aromatic heterocycles. The van der Waals surface area contributed by atoms with Crippen LogP contribution in [-0.2, 0) is 6.54 Å². The van der Waals surface area contributed by atoms with Crippen molar-refractivity contribution < 1.29 is 9.18 Å². The summed E-state index contributed by atoms with van der Waals surface area (Å²) in [7, 11) is 0. The number of carbonyl (C=O) groups is 1. The maximum absolute atomic E-state index is 12.6. The quantitative estimate of drug-likeness (QED) is 0.859. The Balaban J connectivity index is 1.96. The average molecular weight is 228 g/mol. The van der Waals surface area contributed by atoms with Crippen molar-refractivity contribution in [1.82, 2.24) is 5.32 Å². The Hall–Kier alpha value is -2.16. The maximum atomic E-state index is 12.6. The van der Waals surface area contributed by atoms with Gasteiger partial charge in [0.1, 0.15) is 5.82 Å². The van der Waals surface area contributed by atoms with Crippen molar-refractivity contribution in [2.75, 3.05) is 0 Å². The molecule has 0 heterocycles. The number of hydrogen-bond acceptors (Lipinski definition) is 1. The molecule has 85 valence electrons. The predicted molar refractivity (Wildman–Crippen MR) is 62.8 cm³/mol. The van der Waals surface area contributed by atoms with E-state index in [1.54, 1.807) is 0 Å². The minimum absolute atomic E-state index is 0.231. The number of carbonyl (C=O) groups excluding carboxylic acids is 1. The van der Waals surface area contributed by atoms with Crippen LogP contribution < -0.4 is 5.32 Å². The smallest absolute Gasteiger partial charge is 0.251 e. The lowest BCUT2D eigenvalue weighted by molar-refractivity contribution is 0.0951. The zero-order valence-electron chi connectivity index (χ0n) is 9.11. The molecule has 0 aliphatic rings. The fourth-order valence-corrected chi connectivity index (χ4v) is 1.43. The summed E-state index contributed by atoms with van der Waals surface area (Å²) in [5.41, 5.74) is 1.43.